The number of hydrogen-bond acceptors (Lipinski definition) is 1. The van der Waals surface area contributed by atoms with Crippen molar-refractivity contribution in [3.63, 3.8) is 0 Å². The summed E-state index contributed by atoms with van der Waals surface area (Å²) in [6.45, 7) is 8.55. The molecule has 1 aromatic rings. The van der Waals surface area contributed by atoms with Crippen LogP contribution in [0.15, 0.2) is 18.2 Å². The fourth-order valence-corrected chi connectivity index (χ4v) is 1.48. The van der Waals surface area contributed by atoms with E-state index in [0.29, 0.717) is 5.92 Å². The average Bonchev–Trinajstić information content (AvgIpc) is 2.08. The van der Waals surface area contributed by atoms with E-state index in [1.54, 1.807) is 0 Å². The molecule has 1 rings (SSSR count). The van der Waals surface area contributed by atoms with Gasteiger partial charge in [-0.3, -0.25) is 0 Å². The first kappa shape index (κ1) is 10.3. The number of hydrogen-bond donors (Lipinski definition) is 1. The van der Waals surface area contributed by atoms with Crippen LogP contribution in [0.25, 0.3) is 0 Å². The van der Waals surface area contributed by atoms with Crippen molar-refractivity contribution in [1.29, 1.82) is 0 Å². The maximum absolute atomic E-state index is 6.11. The predicted molar refractivity (Wildman–Crippen MR) is 57.7 cm³/mol. The van der Waals surface area contributed by atoms with Gasteiger partial charge in [0.15, 0.2) is 0 Å². The van der Waals surface area contributed by atoms with Crippen molar-refractivity contribution in [3.8, 4) is 0 Å². The third kappa shape index (κ3) is 2.31. The van der Waals surface area contributed by atoms with Crippen LogP contribution in [0.3, 0.4) is 0 Å². The zero-order valence-corrected chi connectivity index (χ0v) is 8.96. The van der Waals surface area contributed by atoms with Gasteiger partial charge in [-0.1, -0.05) is 37.6 Å². The van der Waals surface area contributed by atoms with Gasteiger partial charge in [0.05, 0.1) is 0 Å². The number of aryl methyl sites for hydroxylation is 2. The Balaban J connectivity index is 3.05. The third-order valence-electron chi connectivity index (χ3n) is 2.51. The second kappa shape index (κ2) is 3.93. The lowest BCUT2D eigenvalue weighted by Gasteiger charge is -2.18. The smallest absolute Gasteiger partial charge is 0.0320 e. The largest absolute Gasteiger partial charge is 0.324 e. The van der Waals surface area contributed by atoms with E-state index in [-0.39, 0.29) is 6.04 Å². The van der Waals surface area contributed by atoms with Crippen LogP contribution in [-0.2, 0) is 0 Å². The Kier molecular flexibility index (Phi) is 3.10. The second-order valence-corrected chi connectivity index (χ2v) is 4.13. The highest BCUT2D eigenvalue weighted by molar-refractivity contribution is 5.32. The van der Waals surface area contributed by atoms with Crippen LogP contribution in [0.1, 0.15) is 36.6 Å². The van der Waals surface area contributed by atoms with Crippen LogP contribution in [0, 0.1) is 19.8 Å². The Hall–Kier alpha value is -0.820. The van der Waals surface area contributed by atoms with E-state index >= 15 is 0 Å². The average molecular weight is 177 g/mol. The Bertz CT molecular complexity index is 289. The molecule has 0 radical (unpaired) electrons. The molecular formula is C12H19N. The molecule has 2 N–H and O–H groups in total. The lowest BCUT2D eigenvalue weighted by molar-refractivity contribution is 0.512. The molecule has 0 amide bonds. The SMILES string of the molecule is Cc1ccc(C)c([C@@H](N)C(C)C)c1. The van der Waals surface area contributed by atoms with Gasteiger partial charge in [-0.25, -0.2) is 0 Å². The van der Waals surface area contributed by atoms with E-state index in [9.17, 15) is 0 Å². The molecule has 0 aliphatic rings. The molecule has 0 heterocycles. The maximum Gasteiger partial charge on any atom is 0.0320 e. The van der Waals surface area contributed by atoms with Gasteiger partial charge in [-0.2, -0.15) is 0 Å². The summed E-state index contributed by atoms with van der Waals surface area (Å²) in [4.78, 5) is 0. The van der Waals surface area contributed by atoms with Gasteiger partial charge in [0, 0.05) is 6.04 Å². The van der Waals surface area contributed by atoms with Crippen LogP contribution in [0.2, 0.25) is 0 Å². The summed E-state index contributed by atoms with van der Waals surface area (Å²) in [5.41, 5.74) is 9.98. The molecule has 0 aliphatic carbocycles. The van der Waals surface area contributed by atoms with Crippen molar-refractivity contribution in [1.82, 2.24) is 0 Å². The highest BCUT2D eigenvalue weighted by Gasteiger charge is 2.12. The Morgan fingerprint density at radius 1 is 1.15 bits per heavy atom. The zero-order valence-electron chi connectivity index (χ0n) is 8.96. The van der Waals surface area contributed by atoms with Crippen molar-refractivity contribution in [3.05, 3.63) is 34.9 Å². The second-order valence-electron chi connectivity index (χ2n) is 4.13. The van der Waals surface area contributed by atoms with Crippen LogP contribution < -0.4 is 5.73 Å². The zero-order chi connectivity index (χ0) is 10.0. The quantitative estimate of drug-likeness (QED) is 0.738. The molecule has 0 spiro atoms. The number of benzene rings is 1. The van der Waals surface area contributed by atoms with Gasteiger partial charge in [-0.05, 0) is 30.9 Å². The van der Waals surface area contributed by atoms with E-state index in [1.807, 2.05) is 0 Å². The molecule has 0 unspecified atom stereocenters. The Morgan fingerprint density at radius 2 is 1.77 bits per heavy atom. The van der Waals surface area contributed by atoms with Gasteiger partial charge < -0.3 is 5.73 Å². The van der Waals surface area contributed by atoms with Crippen molar-refractivity contribution < 1.29 is 0 Å². The molecule has 0 fully saturated rings. The molecular weight excluding hydrogens is 158 g/mol. The van der Waals surface area contributed by atoms with Gasteiger partial charge in [0.1, 0.15) is 0 Å². The standard InChI is InChI=1S/C12H19N/c1-8(2)12(13)11-7-9(3)5-6-10(11)4/h5-8,12H,13H2,1-4H3/t12-/m0/s1. The van der Waals surface area contributed by atoms with E-state index in [1.165, 1.54) is 16.7 Å². The highest BCUT2D eigenvalue weighted by atomic mass is 14.6. The fourth-order valence-electron chi connectivity index (χ4n) is 1.48. The molecule has 0 saturated heterocycles. The summed E-state index contributed by atoms with van der Waals surface area (Å²) in [7, 11) is 0. The van der Waals surface area contributed by atoms with Crippen molar-refractivity contribution in [2.24, 2.45) is 11.7 Å². The first-order valence-electron chi connectivity index (χ1n) is 4.85. The van der Waals surface area contributed by atoms with Crippen LogP contribution >= 0.6 is 0 Å². The minimum Gasteiger partial charge on any atom is -0.324 e. The monoisotopic (exact) mass is 177 g/mol. The van der Waals surface area contributed by atoms with Crippen molar-refractivity contribution in [2.45, 2.75) is 33.7 Å². The van der Waals surface area contributed by atoms with Gasteiger partial charge in [-0.15, -0.1) is 0 Å². The van der Waals surface area contributed by atoms with Crippen molar-refractivity contribution >= 4 is 0 Å². The van der Waals surface area contributed by atoms with E-state index in [0.717, 1.165) is 0 Å². The molecule has 0 bridgehead atoms. The predicted octanol–water partition coefficient (Wildman–Crippen LogP) is 2.96. The number of nitrogens with two attached hydrogens (primary N) is 1. The van der Waals surface area contributed by atoms with E-state index in [4.69, 9.17) is 5.73 Å². The summed E-state index contributed by atoms with van der Waals surface area (Å²) in [6.07, 6.45) is 0. The summed E-state index contributed by atoms with van der Waals surface area (Å²) in [5.74, 6) is 0.500. The lowest BCUT2D eigenvalue weighted by Crippen LogP contribution is -2.17. The molecule has 72 valence electrons. The van der Waals surface area contributed by atoms with Crippen LogP contribution in [0.5, 0.6) is 0 Å². The van der Waals surface area contributed by atoms with Crippen LogP contribution in [0.4, 0.5) is 0 Å². The minimum atomic E-state index is 0.167. The summed E-state index contributed by atoms with van der Waals surface area (Å²) >= 11 is 0. The molecule has 0 aromatic heterocycles. The third-order valence-corrected chi connectivity index (χ3v) is 2.51. The maximum atomic E-state index is 6.11. The molecule has 0 saturated carbocycles. The summed E-state index contributed by atoms with van der Waals surface area (Å²) < 4.78 is 0. The molecule has 1 nitrogen and oxygen atoms in total. The van der Waals surface area contributed by atoms with Gasteiger partial charge in [0.2, 0.25) is 0 Å². The molecule has 0 aliphatic heterocycles. The number of rotatable bonds is 2. The van der Waals surface area contributed by atoms with Crippen LogP contribution in [-0.4, -0.2) is 0 Å². The highest BCUT2D eigenvalue weighted by Crippen LogP contribution is 2.22. The van der Waals surface area contributed by atoms with Crippen molar-refractivity contribution in [2.75, 3.05) is 0 Å². The normalized spacial score (nSPS) is 13.4. The summed E-state index contributed by atoms with van der Waals surface area (Å²) in [5, 5.41) is 0. The lowest BCUT2D eigenvalue weighted by atomic mass is 9.92. The molecule has 1 atom stereocenters. The molecule has 1 aromatic carbocycles. The van der Waals surface area contributed by atoms with Gasteiger partial charge in [0.25, 0.3) is 0 Å². The van der Waals surface area contributed by atoms with E-state index in [2.05, 4.69) is 45.9 Å². The first-order valence-corrected chi connectivity index (χ1v) is 4.85. The minimum absolute atomic E-state index is 0.167. The Morgan fingerprint density at radius 3 is 2.31 bits per heavy atom. The molecule has 13 heavy (non-hydrogen) atoms. The van der Waals surface area contributed by atoms with E-state index < -0.39 is 0 Å². The topological polar surface area (TPSA) is 26.0 Å². The first-order chi connectivity index (χ1) is 6.02. The summed E-state index contributed by atoms with van der Waals surface area (Å²) in [6, 6.07) is 6.64. The van der Waals surface area contributed by atoms with Gasteiger partial charge >= 0.3 is 0 Å². The Labute approximate surface area is 81.0 Å². The fraction of sp³-hybridized carbons (Fsp3) is 0.500. The molecule has 1 heteroatoms.